The third-order valence-electron chi connectivity index (χ3n) is 5.16. The maximum absolute atomic E-state index is 3.60. The molecule has 1 heteroatoms. The Bertz CT molecular complexity index is 186. The molecule has 0 amide bonds. The lowest BCUT2D eigenvalue weighted by Gasteiger charge is -2.48. The summed E-state index contributed by atoms with van der Waals surface area (Å²) in [6, 6.07) is 0. The molecule has 1 saturated carbocycles. The van der Waals surface area contributed by atoms with E-state index in [1.807, 2.05) is 0 Å². The summed E-state index contributed by atoms with van der Waals surface area (Å²) in [6.45, 7) is 9.49. The summed E-state index contributed by atoms with van der Waals surface area (Å²) in [5.74, 6) is 1.03. The van der Waals surface area contributed by atoms with Crippen LogP contribution in [0.3, 0.4) is 0 Å². The largest absolute Gasteiger partial charge is 0.314 e. The van der Waals surface area contributed by atoms with Crippen LogP contribution in [0.4, 0.5) is 0 Å². The Hall–Kier alpha value is -0.0400. The highest BCUT2D eigenvalue weighted by Crippen LogP contribution is 2.50. The standard InChI is InChI=1S/C14H29N/c1-6-13(4,15-5)14(7-2,8-3)11-12-9-10-12/h12,15H,6-11H2,1-5H3. The van der Waals surface area contributed by atoms with Crippen molar-refractivity contribution in [1.82, 2.24) is 5.32 Å². The van der Waals surface area contributed by atoms with Crippen molar-refractivity contribution in [2.75, 3.05) is 7.05 Å². The molecule has 1 rings (SSSR count). The Balaban J connectivity index is 2.84. The van der Waals surface area contributed by atoms with E-state index in [0.29, 0.717) is 11.0 Å². The second-order valence-corrected chi connectivity index (χ2v) is 5.57. The third kappa shape index (κ3) is 2.38. The topological polar surface area (TPSA) is 12.0 Å². The van der Waals surface area contributed by atoms with Crippen molar-refractivity contribution in [1.29, 1.82) is 0 Å². The molecule has 1 aliphatic rings. The molecule has 1 unspecified atom stereocenters. The number of nitrogens with one attached hydrogen (secondary N) is 1. The van der Waals surface area contributed by atoms with Gasteiger partial charge in [-0.15, -0.1) is 0 Å². The van der Waals surface area contributed by atoms with Gasteiger partial charge < -0.3 is 5.32 Å². The fourth-order valence-electron chi connectivity index (χ4n) is 3.24. The van der Waals surface area contributed by atoms with Gasteiger partial charge in [-0.2, -0.15) is 0 Å². The highest BCUT2D eigenvalue weighted by atomic mass is 15.0. The zero-order chi connectivity index (χ0) is 11.5. The molecule has 0 aliphatic heterocycles. The Morgan fingerprint density at radius 1 is 1.07 bits per heavy atom. The van der Waals surface area contributed by atoms with Crippen molar-refractivity contribution in [2.24, 2.45) is 11.3 Å². The first-order valence-corrected chi connectivity index (χ1v) is 6.76. The lowest BCUT2D eigenvalue weighted by molar-refractivity contribution is 0.0685. The summed E-state index contributed by atoms with van der Waals surface area (Å²) in [5.41, 5.74) is 0.830. The summed E-state index contributed by atoms with van der Waals surface area (Å²) in [7, 11) is 2.14. The average Bonchev–Trinajstić information content (AvgIpc) is 3.08. The number of rotatable bonds is 7. The molecule has 0 heterocycles. The van der Waals surface area contributed by atoms with Gasteiger partial charge >= 0.3 is 0 Å². The number of hydrogen-bond donors (Lipinski definition) is 1. The van der Waals surface area contributed by atoms with E-state index in [9.17, 15) is 0 Å². The van der Waals surface area contributed by atoms with Gasteiger partial charge in [-0.1, -0.05) is 33.6 Å². The van der Waals surface area contributed by atoms with E-state index >= 15 is 0 Å². The SMILES string of the molecule is CCC(CC)(CC1CC1)C(C)(CC)NC. The minimum absolute atomic E-state index is 0.319. The monoisotopic (exact) mass is 211 g/mol. The molecular formula is C14H29N. The van der Waals surface area contributed by atoms with Crippen LogP contribution in [0, 0.1) is 11.3 Å². The number of hydrogen-bond acceptors (Lipinski definition) is 1. The first-order chi connectivity index (χ1) is 7.07. The van der Waals surface area contributed by atoms with Crippen LogP contribution in [0.2, 0.25) is 0 Å². The minimum Gasteiger partial charge on any atom is -0.314 e. The fourth-order valence-corrected chi connectivity index (χ4v) is 3.24. The second-order valence-electron chi connectivity index (χ2n) is 5.57. The van der Waals surface area contributed by atoms with Crippen LogP contribution < -0.4 is 5.32 Å². The summed E-state index contributed by atoms with van der Waals surface area (Å²) in [6.07, 6.45) is 8.25. The van der Waals surface area contributed by atoms with Gasteiger partial charge in [-0.3, -0.25) is 0 Å². The zero-order valence-corrected chi connectivity index (χ0v) is 11.3. The summed E-state index contributed by atoms with van der Waals surface area (Å²) in [4.78, 5) is 0. The molecule has 15 heavy (non-hydrogen) atoms. The molecule has 1 aliphatic carbocycles. The van der Waals surface area contributed by atoms with Crippen molar-refractivity contribution < 1.29 is 0 Å². The zero-order valence-electron chi connectivity index (χ0n) is 11.3. The van der Waals surface area contributed by atoms with E-state index < -0.39 is 0 Å². The second kappa shape index (κ2) is 4.86. The first kappa shape index (κ1) is 13.0. The molecule has 1 N–H and O–H groups in total. The molecule has 1 fully saturated rings. The molecular weight excluding hydrogens is 182 g/mol. The molecule has 0 aromatic carbocycles. The van der Waals surface area contributed by atoms with Crippen molar-refractivity contribution in [3.63, 3.8) is 0 Å². The maximum Gasteiger partial charge on any atom is 0.0203 e. The average molecular weight is 211 g/mol. The van der Waals surface area contributed by atoms with Gasteiger partial charge in [0.05, 0.1) is 0 Å². The lowest BCUT2D eigenvalue weighted by atomic mass is 9.62. The fraction of sp³-hybridized carbons (Fsp3) is 1.00. The summed E-state index contributed by atoms with van der Waals surface area (Å²) >= 11 is 0. The summed E-state index contributed by atoms with van der Waals surface area (Å²) in [5, 5.41) is 3.60. The van der Waals surface area contributed by atoms with Gasteiger partial charge in [0.15, 0.2) is 0 Å². The van der Waals surface area contributed by atoms with Crippen LogP contribution in [0.15, 0.2) is 0 Å². The van der Waals surface area contributed by atoms with Gasteiger partial charge in [-0.25, -0.2) is 0 Å². The van der Waals surface area contributed by atoms with E-state index in [4.69, 9.17) is 0 Å². The Kier molecular flexibility index (Phi) is 4.22. The maximum atomic E-state index is 3.60. The van der Waals surface area contributed by atoms with Crippen molar-refractivity contribution in [3.05, 3.63) is 0 Å². The van der Waals surface area contributed by atoms with Gasteiger partial charge in [0, 0.05) is 5.54 Å². The molecule has 90 valence electrons. The first-order valence-electron chi connectivity index (χ1n) is 6.76. The predicted octanol–water partition coefficient (Wildman–Crippen LogP) is 3.98. The van der Waals surface area contributed by atoms with Crippen molar-refractivity contribution in [3.8, 4) is 0 Å². The molecule has 0 spiro atoms. The van der Waals surface area contributed by atoms with Crippen LogP contribution >= 0.6 is 0 Å². The third-order valence-corrected chi connectivity index (χ3v) is 5.16. The van der Waals surface area contributed by atoms with Crippen molar-refractivity contribution >= 4 is 0 Å². The molecule has 0 aromatic heterocycles. The van der Waals surface area contributed by atoms with Crippen molar-refractivity contribution in [2.45, 2.75) is 71.8 Å². The highest BCUT2D eigenvalue weighted by molar-refractivity contribution is 5.01. The smallest absolute Gasteiger partial charge is 0.0203 e. The molecule has 0 aromatic rings. The Morgan fingerprint density at radius 2 is 1.60 bits per heavy atom. The van der Waals surface area contributed by atoms with Crippen LogP contribution in [0.5, 0.6) is 0 Å². The van der Waals surface area contributed by atoms with Gasteiger partial charge in [0.2, 0.25) is 0 Å². The quantitative estimate of drug-likeness (QED) is 0.671. The summed E-state index contributed by atoms with van der Waals surface area (Å²) < 4.78 is 0. The molecule has 0 bridgehead atoms. The molecule has 1 nitrogen and oxygen atoms in total. The van der Waals surface area contributed by atoms with Crippen LogP contribution in [0.1, 0.15) is 66.2 Å². The van der Waals surface area contributed by atoms with Gasteiger partial charge in [0.1, 0.15) is 0 Å². The van der Waals surface area contributed by atoms with Crippen LogP contribution in [-0.2, 0) is 0 Å². The van der Waals surface area contributed by atoms with E-state index in [1.54, 1.807) is 0 Å². The van der Waals surface area contributed by atoms with Crippen LogP contribution in [0.25, 0.3) is 0 Å². The lowest BCUT2D eigenvalue weighted by Crippen LogP contribution is -2.54. The van der Waals surface area contributed by atoms with Crippen LogP contribution in [-0.4, -0.2) is 12.6 Å². The Labute approximate surface area is 96.0 Å². The molecule has 0 radical (unpaired) electrons. The predicted molar refractivity (Wildman–Crippen MR) is 68.1 cm³/mol. The van der Waals surface area contributed by atoms with E-state index in [2.05, 4.69) is 40.1 Å². The van der Waals surface area contributed by atoms with E-state index in [-0.39, 0.29) is 0 Å². The minimum atomic E-state index is 0.319. The van der Waals surface area contributed by atoms with Gasteiger partial charge in [0.25, 0.3) is 0 Å². The molecule has 1 atom stereocenters. The van der Waals surface area contributed by atoms with E-state index in [0.717, 1.165) is 5.92 Å². The Morgan fingerprint density at radius 3 is 1.87 bits per heavy atom. The molecule has 0 saturated heterocycles. The highest BCUT2D eigenvalue weighted by Gasteiger charge is 2.46. The van der Waals surface area contributed by atoms with Gasteiger partial charge in [-0.05, 0) is 51.0 Å². The van der Waals surface area contributed by atoms with E-state index in [1.165, 1.54) is 38.5 Å². The normalized spacial score (nSPS) is 21.4.